The van der Waals surface area contributed by atoms with Gasteiger partial charge in [0.1, 0.15) is 23.7 Å². The molecule has 6 rings (SSSR count). The summed E-state index contributed by atoms with van der Waals surface area (Å²) in [6.45, 7) is 9.16. The molecule has 15 heteroatoms. The van der Waals surface area contributed by atoms with Gasteiger partial charge in [-0.15, -0.1) is 0 Å². The Morgan fingerprint density at radius 1 is 1.02 bits per heavy atom. The van der Waals surface area contributed by atoms with Gasteiger partial charge in [-0.25, -0.2) is 4.98 Å². The van der Waals surface area contributed by atoms with Crippen LogP contribution in [0.5, 0.6) is 5.75 Å². The van der Waals surface area contributed by atoms with E-state index in [9.17, 15) is 29.1 Å². The highest BCUT2D eigenvalue weighted by Crippen LogP contribution is 2.35. The molecule has 0 bridgehead atoms. The van der Waals surface area contributed by atoms with Gasteiger partial charge in [0.25, 0.3) is 5.91 Å². The van der Waals surface area contributed by atoms with Crippen LogP contribution >= 0.6 is 0 Å². The van der Waals surface area contributed by atoms with Gasteiger partial charge < -0.3 is 45.7 Å². The van der Waals surface area contributed by atoms with Crippen LogP contribution in [0.4, 0.5) is 0 Å². The van der Waals surface area contributed by atoms with Crippen molar-refractivity contribution >= 4 is 29.5 Å². The minimum Gasteiger partial charge on any atom is -0.493 e. The highest BCUT2D eigenvalue weighted by Gasteiger charge is 2.43. The molecule has 5 amide bonds. The molecular formula is C43H57N7O8. The number of carbonyl (C=O) groups is 5. The molecule has 2 aliphatic heterocycles. The highest BCUT2D eigenvalue weighted by atomic mass is 16.5. The summed E-state index contributed by atoms with van der Waals surface area (Å²) in [6, 6.07) is 9.93. The number of rotatable bonds is 17. The van der Waals surface area contributed by atoms with Gasteiger partial charge in [0, 0.05) is 62.6 Å². The van der Waals surface area contributed by atoms with Crippen molar-refractivity contribution in [3.05, 3.63) is 70.7 Å². The van der Waals surface area contributed by atoms with Gasteiger partial charge in [-0.2, -0.15) is 0 Å². The maximum atomic E-state index is 13.4. The standard InChI is InChI=1S/C43H57N7O8/c1-26-8-9-29(41(55)47-32-13-12-27-10-11-28(21-31(27)32)33-25-49-17-5-7-36(49)46-33)22-35(26)58-18-6-16-45-37(52)14-19-57-20-15-38(53)48-39(43(2,3)4)42(56)50-24-30(51)23-34(50)40(44)54/h8-11,21-22,25,30,32,34,39,51H,5-7,12-20,23-24H2,1-4H3,(H2,44,54)(H,45,52)(H,47,55)(H,48,53)/t30-,32?,34+,39-/m1/s1. The van der Waals surface area contributed by atoms with Gasteiger partial charge in [-0.05, 0) is 72.9 Å². The molecule has 0 saturated carbocycles. The van der Waals surface area contributed by atoms with E-state index in [2.05, 4.69) is 44.9 Å². The van der Waals surface area contributed by atoms with Crippen molar-refractivity contribution in [2.45, 2.75) is 110 Å². The minimum atomic E-state index is -0.946. The monoisotopic (exact) mass is 799 g/mol. The van der Waals surface area contributed by atoms with Gasteiger partial charge in [0.15, 0.2) is 0 Å². The second-order valence-corrected chi connectivity index (χ2v) is 16.6. The van der Waals surface area contributed by atoms with Gasteiger partial charge in [-0.1, -0.05) is 39.0 Å². The first-order valence-electron chi connectivity index (χ1n) is 20.3. The molecule has 3 heterocycles. The zero-order chi connectivity index (χ0) is 41.6. The Bertz CT molecular complexity index is 1980. The number of hydrogen-bond acceptors (Lipinski definition) is 9. The van der Waals surface area contributed by atoms with Crippen LogP contribution in [0.3, 0.4) is 0 Å². The first kappa shape index (κ1) is 42.3. The van der Waals surface area contributed by atoms with E-state index in [4.69, 9.17) is 20.2 Å². The lowest BCUT2D eigenvalue weighted by Gasteiger charge is -2.35. The summed E-state index contributed by atoms with van der Waals surface area (Å²) >= 11 is 0. The molecule has 58 heavy (non-hydrogen) atoms. The summed E-state index contributed by atoms with van der Waals surface area (Å²) in [5.41, 5.74) is 10.6. The number of nitrogens with one attached hydrogen (secondary N) is 3. The lowest BCUT2D eigenvalue weighted by Crippen LogP contribution is -2.57. The van der Waals surface area contributed by atoms with Crippen molar-refractivity contribution in [1.82, 2.24) is 30.4 Å². The summed E-state index contributed by atoms with van der Waals surface area (Å²) < 4.78 is 13.8. The van der Waals surface area contributed by atoms with E-state index < -0.39 is 41.3 Å². The zero-order valence-electron chi connectivity index (χ0n) is 34.0. The van der Waals surface area contributed by atoms with Crippen molar-refractivity contribution in [2.24, 2.45) is 11.1 Å². The molecule has 312 valence electrons. The Labute approximate surface area is 339 Å². The fourth-order valence-corrected chi connectivity index (χ4v) is 7.82. The van der Waals surface area contributed by atoms with E-state index in [1.54, 1.807) is 32.9 Å². The number of aliphatic hydroxyl groups excluding tert-OH is 1. The summed E-state index contributed by atoms with van der Waals surface area (Å²) in [5, 5.41) is 18.8. The van der Waals surface area contributed by atoms with E-state index in [1.807, 2.05) is 13.0 Å². The lowest BCUT2D eigenvalue weighted by atomic mass is 9.85. The number of primary amides is 1. The number of carbonyl (C=O) groups excluding carboxylic acids is 5. The zero-order valence-corrected chi connectivity index (χ0v) is 34.0. The maximum absolute atomic E-state index is 13.4. The van der Waals surface area contributed by atoms with Crippen molar-refractivity contribution in [3.63, 3.8) is 0 Å². The van der Waals surface area contributed by atoms with Crippen molar-refractivity contribution in [2.75, 3.05) is 32.9 Å². The predicted molar refractivity (Wildman–Crippen MR) is 216 cm³/mol. The van der Waals surface area contributed by atoms with Crippen LogP contribution in [0.15, 0.2) is 42.6 Å². The Morgan fingerprint density at radius 3 is 2.53 bits per heavy atom. The smallest absolute Gasteiger partial charge is 0.251 e. The molecule has 0 radical (unpaired) electrons. The summed E-state index contributed by atoms with van der Waals surface area (Å²) in [4.78, 5) is 69.8. The third kappa shape index (κ3) is 10.4. The molecule has 1 aliphatic carbocycles. The molecule has 0 spiro atoms. The van der Waals surface area contributed by atoms with Crippen LogP contribution in [0.25, 0.3) is 11.3 Å². The number of β-amino-alcohol motifs (C(OH)–C–C–N with tert-alkyl or cyclic N) is 1. The molecular weight excluding hydrogens is 743 g/mol. The second-order valence-electron chi connectivity index (χ2n) is 16.6. The normalized spacial score (nSPS) is 19.0. The van der Waals surface area contributed by atoms with Crippen LogP contribution in [-0.2, 0) is 43.3 Å². The molecule has 2 aromatic carbocycles. The van der Waals surface area contributed by atoms with Crippen LogP contribution in [0.2, 0.25) is 0 Å². The van der Waals surface area contributed by atoms with E-state index >= 15 is 0 Å². The van der Waals surface area contributed by atoms with E-state index in [0.717, 1.165) is 60.4 Å². The number of fused-ring (bicyclic) bond motifs is 2. The third-order valence-corrected chi connectivity index (χ3v) is 11.1. The molecule has 1 unspecified atom stereocenters. The first-order valence-corrected chi connectivity index (χ1v) is 20.3. The third-order valence-electron chi connectivity index (χ3n) is 11.1. The maximum Gasteiger partial charge on any atom is 0.251 e. The van der Waals surface area contributed by atoms with Crippen LogP contribution < -0.4 is 26.4 Å². The van der Waals surface area contributed by atoms with E-state index in [1.165, 1.54) is 10.5 Å². The molecule has 1 saturated heterocycles. The summed E-state index contributed by atoms with van der Waals surface area (Å²) in [6.07, 6.45) is 5.83. The fraction of sp³-hybridized carbons (Fsp3) is 0.535. The van der Waals surface area contributed by atoms with E-state index in [-0.39, 0.29) is 56.9 Å². The quantitative estimate of drug-likeness (QED) is 0.127. The first-order chi connectivity index (χ1) is 27.7. The Hall–Kier alpha value is -5.28. The number of aromatic nitrogens is 2. The predicted octanol–water partition coefficient (Wildman–Crippen LogP) is 2.88. The average molecular weight is 800 g/mol. The number of likely N-dealkylation sites (tertiary alicyclic amines) is 1. The number of aliphatic hydroxyl groups is 1. The molecule has 1 aromatic heterocycles. The number of nitrogens with two attached hydrogens (primary N) is 1. The van der Waals surface area contributed by atoms with Crippen LogP contribution in [0.1, 0.15) is 98.2 Å². The highest BCUT2D eigenvalue weighted by molar-refractivity contribution is 5.95. The minimum absolute atomic E-state index is 0.0334. The molecule has 1 fully saturated rings. The lowest BCUT2D eigenvalue weighted by molar-refractivity contribution is -0.143. The molecule has 6 N–H and O–H groups in total. The SMILES string of the molecule is Cc1ccc(C(=O)NC2CCc3ccc(-c4cn5c(n4)CCC5)cc32)cc1OCCCNC(=O)CCOCCC(=O)N[C@H](C(=O)N1C[C@H](O)C[C@H]1C(N)=O)C(C)(C)C. The van der Waals surface area contributed by atoms with Crippen molar-refractivity contribution in [3.8, 4) is 17.0 Å². The van der Waals surface area contributed by atoms with Crippen LogP contribution in [0, 0.1) is 12.3 Å². The average Bonchev–Trinajstić information content (AvgIpc) is 3.97. The van der Waals surface area contributed by atoms with Crippen molar-refractivity contribution < 1.29 is 38.6 Å². The largest absolute Gasteiger partial charge is 0.493 e. The van der Waals surface area contributed by atoms with E-state index in [0.29, 0.717) is 30.9 Å². The number of nitrogens with zero attached hydrogens (tertiary/aromatic N) is 3. The molecule has 3 aromatic rings. The van der Waals surface area contributed by atoms with Gasteiger partial charge in [-0.3, -0.25) is 24.0 Å². The Balaban J connectivity index is 0.874. The Kier molecular flexibility index (Phi) is 13.5. The topological polar surface area (TPSA) is 207 Å². The molecule has 4 atom stereocenters. The number of aryl methyl sites for hydroxylation is 4. The number of hydrogen-bond donors (Lipinski definition) is 5. The second kappa shape index (κ2) is 18.5. The van der Waals surface area contributed by atoms with Crippen molar-refractivity contribution in [1.29, 1.82) is 0 Å². The number of imidazole rings is 1. The summed E-state index contributed by atoms with van der Waals surface area (Å²) in [5.74, 6) is -0.225. The number of amides is 5. The number of benzene rings is 2. The van der Waals surface area contributed by atoms with Gasteiger partial charge >= 0.3 is 0 Å². The molecule has 15 nitrogen and oxygen atoms in total. The fourth-order valence-electron chi connectivity index (χ4n) is 7.82. The Morgan fingerprint density at radius 2 is 1.79 bits per heavy atom. The van der Waals surface area contributed by atoms with Crippen LogP contribution in [-0.4, -0.2) is 100 Å². The molecule has 3 aliphatic rings. The van der Waals surface area contributed by atoms with Gasteiger partial charge in [0.05, 0.1) is 37.7 Å². The van der Waals surface area contributed by atoms with Gasteiger partial charge in [0.2, 0.25) is 23.6 Å². The number of ether oxygens (including phenoxy) is 2. The summed E-state index contributed by atoms with van der Waals surface area (Å²) in [7, 11) is 0.